The van der Waals surface area contributed by atoms with Crippen LogP contribution in [0.3, 0.4) is 0 Å². The van der Waals surface area contributed by atoms with Crippen molar-refractivity contribution < 1.29 is 15.0 Å². The van der Waals surface area contributed by atoms with Gasteiger partial charge in [-0.1, -0.05) is 32.6 Å². The molecule has 0 spiro atoms. The van der Waals surface area contributed by atoms with Crippen molar-refractivity contribution in [3.05, 3.63) is 0 Å². The lowest BCUT2D eigenvalue weighted by Gasteiger charge is -1.95. The van der Waals surface area contributed by atoms with Crippen molar-refractivity contribution in [2.75, 3.05) is 26.2 Å². The van der Waals surface area contributed by atoms with E-state index in [0.29, 0.717) is 19.5 Å². The molecule has 5 nitrogen and oxygen atoms in total. The highest BCUT2D eigenvalue weighted by atomic mass is 16.4. The molecule has 0 aliphatic carbocycles. The van der Waals surface area contributed by atoms with E-state index in [4.69, 9.17) is 15.9 Å². The molecule has 5 heteroatoms. The lowest BCUT2D eigenvalue weighted by atomic mass is 10.1. The summed E-state index contributed by atoms with van der Waals surface area (Å²) in [6, 6.07) is 0. The summed E-state index contributed by atoms with van der Waals surface area (Å²) >= 11 is 0. The first-order valence-electron chi connectivity index (χ1n) is 6.42. The highest BCUT2D eigenvalue weighted by Crippen LogP contribution is 2.04. The number of nitrogens with two attached hydrogens (primary N) is 1. The molecule has 17 heavy (non-hydrogen) atoms. The SMILES string of the molecule is CCCCCCCC(=O)O.NCCNCCO. The van der Waals surface area contributed by atoms with Crippen LogP contribution in [0, 0.1) is 0 Å². The van der Waals surface area contributed by atoms with E-state index < -0.39 is 5.97 Å². The predicted octanol–water partition coefficient (Wildman–Crippen LogP) is 0.959. The maximum atomic E-state index is 10.0. The van der Waals surface area contributed by atoms with Gasteiger partial charge in [0.1, 0.15) is 0 Å². The second kappa shape index (κ2) is 17.7. The third kappa shape index (κ3) is 25.5. The molecule has 0 aliphatic heterocycles. The molecule has 0 bridgehead atoms. The van der Waals surface area contributed by atoms with Crippen LogP contribution in [0.5, 0.6) is 0 Å². The molecule has 0 saturated carbocycles. The summed E-state index contributed by atoms with van der Waals surface area (Å²) in [5.41, 5.74) is 5.13. The van der Waals surface area contributed by atoms with E-state index >= 15 is 0 Å². The van der Waals surface area contributed by atoms with Crippen LogP contribution < -0.4 is 11.1 Å². The zero-order chi connectivity index (χ0) is 13.4. The number of carboxylic acid groups (broad SMARTS) is 1. The van der Waals surface area contributed by atoms with E-state index in [1.165, 1.54) is 19.3 Å². The number of aliphatic carboxylic acids is 1. The van der Waals surface area contributed by atoms with Crippen molar-refractivity contribution in [3.63, 3.8) is 0 Å². The second-order valence-electron chi connectivity index (χ2n) is 3.82. The molecule has 0 aromatic heterocycles. The number of hydrogen-bond donors (Lipinski definition) is 4. The molecule has 0 rings (SSSR count). The molecular formula is C12H28N2O3. The summed E-state index contributed by atoms with van der Waals surface area (Å²) in [5, 5.41) is 19.4. The van der Waals surface area contributed by atoms with Gasteiger partial charge in [0.2, 0.25) is 0 Å². The van der Waals surface area contributed by atoms with Gasteiger partial charge < -0.3 is 21.3 Å². The molecule has 0 saturated heterocycles. The van der Waals surface area contributed by atoms with Crippen LogP contribution in [0.4, 0.5) is 0 Å². The van der Waals surface area contributed by atoms with Gasteiger partial charge in [0.05, 0.1) is 6.61 Å². The average Bonchev–Trinajstić information content (AvgIpc) is 2.30. The smallest absolute Gasteiger partial charge is 0.303 e. The van der Waals surface area contributed by atoms with Gasteiger partial charge in [-0.2, -0.15) is 0 Å². The maximum Gasteiger partial charge on any atom is 0.303 e. The third-order valence-corrected chi connectivity index (χ3v) is 2.10. The molecule has 104 valence electrons. The van der Waals surface area contributed by atoms with Gasteiger partial charge in [0.15, 0.2) is 0 Å². The van der Waals surface area contributed by atoms with Gasteiger partial charge in [-0.05, 0) is 6.42 Å². The Bertz CT molecular complexity index is 151. The monoisotopic (exact) mass is 248 g/mol. The Balaban J connectivity index is 0. The normalized spacial score (nSPS) is 9.59. The largest absolute Gasteiger partial charge is 0.481 e. The van der Waals surface area contributed by atoms with Crippen molar-refractivity contribution >= 4 is 5.97 Å². The summed E-state index contributed by atoms with van der Waals surface area (Å²) in [6.07, 6.45) is 5.88. The Hall–Kier alpha value is -0.650. The zero-order valence-electron chi connectivity index (χ0n) is 11.0. The van der Waals surface area contributed by atoms with Crippen LogP contribution in [0.25, 0.3) is 0 Å². The standard InChI is InChI=1S/C8H16O2.C4H12N2O/c1-2-3-4-5-6-7-8(9)10;5-1-2-6-3-4-7/h2-7H2,1H3,(H,9,10);6-7H,1-5H2. The second-order valence-corrected chi connectivity index (χ2v) is 3.82. The molecular weight excluding hydrogens is 220 g/mol. The minimum atomic E-state index is -0.670. The number of unbranched alkanes of at least 4 members (excludes halogenated alkanes) is 4. The molecule has 0 unspecified atom stereocenters. The summed E-state index contributed by atoms with van der Waals surface area (Å²) in [5.74, 6) is -0.670. The van der Waals surface area contributed by atoms with Gasteiger partial charge >= 0.3 is 5.97 Å². The van der Waals surface area contributed by atoms with Crippen molar-refractivity contribution in [3.8, 4) is 0 Å². The van der Waals surface area contributed by atoms with Crippen molar-refractivity contribution in [1.29, 1.82) is 0 Å². The van der Waals surface area contributed by atoms with Crippen LogP contribution >= 0.6 is 0 Å². The van der Waals surface area contributed by atoms with Crippen LogP contribution in [0.15, 0.2) is 0 Å². The lowest BCUT2D eigenvalue weighted by Crippen LogP contribution is -2.24. The quantitative estimate of drug-likeness (QED) is 0.432. The van der Waals surface area contributed by atoms with E-state index in [1.807, 2.05) is 0 Å². The van der Waals surface area contributed by atoms with Crippen LogP contribution in [-0.4, -0.2) is 42.4 Å². The Morgan fingerprint density at radius 3 is 2.29 bits per heavy atom. The minimum Gasteiger partial charge on any atom is -0.481 e. The minimum absolute atomic E-state index is 0.194. The Labute approximate surface area is 104 Å². The van der Waals surface area contributed by atoms with Gasteiger partial charge in [0.25, 0.3) is 0 Å². The molecule has 0 fully saturated rings. The molecule has 0 atom stereocenters. The fourth-order valence-electron chi connectivity index (χ4n) is 1.19. The van der Waals surface area contributed by atoms with E-state index in [0.717, 1.165) is 19.4 Å². The number of nitrogens with one attached hydrogen (secondary N) is 1. The summed E-state index contributed by atoms with van der Waals surface area (Å²) in [4.78, 5) is 10.0. The maximum absolute atomic E-state index is 10.0. The van der Waals surface area contributed by atoms with E-state index in [9.17, 15) is 4.79 Å². The van der Waals surface area contributed by atoms with Crippen LogP contribution in [0.1, 0.15) is 45.4 Å². The molecule has 0 aromatic carbocycles. The zero-order valence-corrected chi connectivity index (χ0v) is 11.0. The fraction of sp³-hybridized carbons (Fsp3) is 0.917. The van der Waals surface area contributed by atoms with Crippen molar-refractivity contribution in [1.82, 2.24) is 5.32 Å². The number of aliphatic hydroxyl groups excluding tert-OH is 1. The number of carbonyl (C=O) groups is 1. The predicted molar refractivity (Wildman–Crippen MR) is 70.0 cm³/mol. The molecule has 0 aromatic rings. The van der Waals surface area contributed by atoms with Crippen molar-refractivity contribution in [2.45, 2.75) is 45.4 Å². The van der Waals surface area contributed by atoms with Crippen molar-refractivity contribution in [2.24, 2.45) is 5.73 Å². The molecule has 0 heterocycles. The van der Waals surface area contributed by atoms with Gasteiger partial charge in [-0.15, -0.1) is 0 Å². The van der Waals surface area contributed by atoms with Gasteiger partial charge in [-0.25, -0.2) is 0 Å². The third-order valence-electron chi connectivity index (χ3n) is 2.10. The Morgan fingerprint density at radius 2 is 1.82 bits per heavy atom. The van der Waals surface area contributed by atoms with E-state index in [2.05, 4.69) is 12.2 Å². The number of hydrogen-bond acceptors (Lipinski definition) is 4. The topological polar surface area (TPSA) is 95.6 Å². The van der Waals surface area contributed by atoms with Crippen LogP contribution in [-0.2, 0) is 4.79 Å². The number of rotatable bonds is 10. The average molecular weight is 248 g/mol. The highest BCUT2D eigenvalue weighted by Gasteiger charge is 1.94. The first-order valence-corrected chi connectivity index (χ1v) is 6.42. The fourth-order valence-corrected chi connectivity index (χ4v) is 1.19. The van der Waals surface area contributed by atoms with Crippen LogP contribution in [0.2, 0.25) is 0 Å². The summed E-state index contributed by atoms with van der Waals surface area (Å²) in [6.45, 7) is 4.43. The van der Waals surface area contributed by atoms with Gasteiger partial charge in [-0.3, -0.25) is 4.79 Å². The summed E-state index contributed by atoms with van der Waals surface area (Å²) < 4.78 is 0. The number of carboxylic acids is 1. The van der Waals surface area contributed by atoms with E-state index in [1.54, 1.807) is 0 Å². The number of aliphatic hydroxyl groups is 1. The Kier molecular flexibility index (Phi) is 19.5. The molecule has 0 amide bonds. The highest BCUT2D eigenvalue weighted by molar-refractivity contribution is 5.66. The first-order chi connectivity index (χ1) is 8.18. The molecule has 5 N–H and O–H groups in total. The van der Waals surface area contributed by atoms with E-state index in [-0.39, 0.29) is 6.61 Å². The molecule has 0 aliphatic rings. The lowest BCUT2D eigenvalue weighted by molar-refractivity contribution is -0.137. The van der Waals surface area contributed by atoms with Gasteiger partial charge in [0, 0.05) is 26.1 Å². The Morgan fingerprint density at radius 1 is 1.18 bits per heavy atom. The first kappa shape index (κ1) is 18.7. The molecule has 0 radical (unpaired) electrons. The summed E-state index contributed by atoms with van der Waals surface area (Å²) in [7, 11) is 0.